The van der Waals surface area contributed by atoms with Crippen molar-refractivity contribution in [2.24, 2.45) is 0 Å². The number of aliphatic hydroxyl groups excluding tert-OH is 1. The van der Waals surface area contributed by atoms with Gasteiger partial charge in [-0.25, -0.2) is 4.79 Å². The molecular weight excluding hydrogens is 380 g/mol. The van der Waals surface area contributed by atoms with E-state index in [1.165, 1.54) is 27.2 Å². The summed E-state index contributed by atoms with van der Waals surface area (Å²) in [6.45, 7) is 3.45. The number of ether oxygens (including phenoxy) is 3. The number of rotatable bonds is 9. The van der Waals surface area contributed by atoms with Crippen molar-refractivity contribution in [3.8, 4) is 0 Å². The summed E-state index contributed by atoms with van der Waals surface area (Å²) in [5.74, 6) is -3.25. The number of allylic oxidation sites excluding steroid dienone is 2. The van der Waals surface area contributed by atoms with Gasteiger partial charge in [0.2, 0.25) is 11.6 Å². The van der Waals surface area contributed by atoms with Crippen LogP contribution >= 0.6 is 0 Å². The molecule has 8 nitrogen and oxygen atoms in total. The molecule has 2 aliphatic rings. The van der Waals surface area contributed by atoms with Gasteiger partial charge in [0.1, 0.15) is 11.9 Å². The van der Waals surface area contributed by atoms with E-state index < -0.39 is 36.0 Å². The number of aliphatic carboxylic acids is 1. The number of Topliss-reactive ketones (excluding diaryl/α,β-unsaturated/α-hetero) is 2. The van der Waals surface area contributed by atoms with Crippen molar-refractivity contribution in [3.05, 3.63) is 34.1 Å². The molecule has 3 unspecified atom stereocenters. The fourth-order valence-electron chi connectivity index (χ4n) is 3.58. The lowest BCUT2D eigenvalue weighted by molar-refractivity contribution is -0.178. The number of carbonyl (C=O) groups is 3. The predicted octanol–water partition coefficient (Wildman–Crippen LogP) is 2.63. The summed E-state index contributed by atoms with van der Waals surface area (Å²) in [5, 5.41) is 19.9. The molecule has 160 valence electrons. The largest absolute Gasteiger partial charge is 0.507 e. The zero-order valence-corrected chi connectivity index (χ0v) is 17.2. The van der Waals surface area contributed by atoms with E-state index in [4.69, 9.17) is 19.3 Å². The molecule has 1 heterocycles. The van der Waals surface area contributed by atoms with Crippen LogP contribution in [0.5, 0.6) is 0 Å². The van der Waals surface area contributed by atoms with Crippen LogP contribution in [0, 0.1) is 0 Å². The van der Waals surface area contributed by atoms with E-state index in [9.17, 15) is 19.5 Å². The van der Waals surface area contributed by atoms with E-state index >= 15 is 0 Å². The Bertz CT molecular complexity index is 774. The summed E-state index contributed by atoms with van der Waals surface area (Å²) >= 11 is 0. The third-order valence-corrected chi connectivity index (χ3v) is 5.22. The third kappa shape index (κ3) is 4.66. The van der Waals surface area contributed by atoms with Crippen LogP contribution in [0.3, 0.4) is 0 Å². The molecule has 0 saturated carbocycles. The SMILES string of the molecule is CCCCCC1OC(OC)C2=C(C(O)=C(CC=C(C)C(=O)O)C(=O)C2=O)C1OC. The standard InChI is InChI=1S/C21H28O8/c1-5-6-7-8-13-19(27-3)14-15(21(28-4)29-13)18(24)17(23)12(16(14)22)10-9-11(2)20(25)26/h9,13,19,21-22H,5-8,10H2,1-4H3,(H,25,26). The van der Waals surface area contributed by atoms with Crippen molar-refractivity contribution < 1.29 is 38.8 Å². The lowest BCUT2D eigenvalue weighted by Gasteiger charge is -2.39. The maximum absolute atomic E-state index is 12.8. The number of carboxylic acids is 1. The fourth-order valence-corrected chi connectivity index (χ4v) is 3.58. The molecule has 0 aromatic carbocycles. The molecule has 0 saturated heterocycles. The van der Waals surface area contributed by atoms with Crippen LogP contribution in [0.2, 0.25) is 0 Å². The van der Waals surface area contributed by atoms with E-state index in [1.54, 1.807) is 0 Å². The number of hydrogen-bond donors (Lipinski definition) is 2. The molecule has 0 fully saturated rings. The molecule has 29 heavy (non-hydrogen) atoms. The Balaban J connectivity index is 2.51. The van der Waals surface area contributed by atoms with Gasteiger partial charge in [-0.15, -0.1) is 0 Å². The van der Waals surface area contributed by atoms with Crippen molar-refractivity contribution in [3.63, 3.8) is 0 Å². The van der Waals surface area contributed by atoms with Gasteiger partial charge < -0.3 is 24.4 Å². The summed E-state index contributed by atoms with van der Waals surface area (Å²) in [4.78, 5) is 36.4. The van der Waals surface area contributed by atoms with Gasteiger partial charge in [-0.05, 0) is 19.8 Å². The van der Waals surface area contributed by atoms with Gasteiger partial charge in [0.25, 0.3) is 0 Å². The first-order chi connectivity index (χ1) is 13.8. The number of carboxylic acid groups (broad SMARTS) is 1. The molecule has 0 aromatic heterocycles. The average molecular weight is 408 g/mol. The minimum atomic E-state index is -1.14. The van der Waals surface area contributed by atoms with Gasteiger partial charge in [0, 0.05) is 30.9 Å². The molecule has 0 bridgehead atoms. The monoisotopic (exact) mass is 408 g/mol. The predicted molar refractivity (Wildman–Crippen MR) is 103 cm³/mol. The second kappa shape index (κ2) is 9.96. The number of methoxy groups -OCH3 is 2. The highest BCUT2D eigenvalue weighted by atomic mass is 16.7. The van der Waals surface area contributed by atoms with Gasteiger partial charge in [-0.1, -0.05) is 32.3 Å². The normalized spacial score (nSPS) is 25.5. The number of hydrogen-bond acceptors (Lipinski definition) is 7. The topological polar surface area (TPSA) is 119 Å². The minimum absolute atomic E-state index is 0.00723. The lowest BCUT2D eigenvalue weighted by Crippen LogP contribution is -2.48. The highest BCUT2D eigenvalue weighted by molar-refractivity contribution is 6.50. The minimum Gasteiger partial charge on any atom is -0.507 e. The summed E-state index contributed by atoms with van der Waals surface area (Å²) in [7, 11) is 2.81. The highest BCUT2D eigenvalue weighted by Crippen LogP contribution is 2.39. The first-order valence-electron chi connectivity index (χ1n) is 9.65. The zero-order valence-electron chi connectivity index (χ0n) is 17.2. The van der Waals surface area contributed by atoms with Crippen molar-refractivity contribution in [2.45, 2.75) is 64.4 Å². The molecule has 1 aliphatic carbocycles. The van der Waals surface area contributed by atoms with E-state index in [-0.39, 0.29) is 34.5 Å². The van der Waals surface area contributed by atoms with Crippen LogP contribution in [0.1, 0.15) is 46.0 Å². The maximum atomic E-state index is 12.8. The van der Waals surface area contributed by atoms with Gasteiger partial charge in [-0.3, -0.25) is 9.59 Å². The molecule has 2 N–H and O–H groups in total. The Morgan fingerprint density at radius 2 is 1.83 bits per heavy atom. The number of carbonyl (C=O) groups excluding carboxylic acids is 2. The van der Waals surface area contributed by atoms with Gasteiger partial charge in [0.05, 0.1) is 11.7 Å². The maximum Gasteiger partial charge on any atom is 0.330 e. The molecule has 1 aliphatic heterocycles. The first kappa shape index (κ1) is 23.0. The molecule has 0 amide bonds. The van der Waals surface area contributed by atoms with Crippen molar-refractivity contribution in [1.82, 2.24) is 0 Å². The van der Waals surface area contributed by atoms with Crippen molar-refractivity contribution in [2.75, 3.05) is 14.2 Å². The Labute approximate surface area is 169 Å². The molecule has 8 heteroatoms. The Hall–Kier alpha value is -2.29. The number of ketones is 2. The highest BCUT2D eigenvalue weighted by Gasteiger charge is 2.47. The zero-order chi connectivity index (χ0) is 21.7. The van der Waals surface area contributed by atoms with Gasteiger partial charge in [-0.2, -0.15) is 0 Å². The average Bonchev–Trinajstić information content (AvgIpc) is 2.70. The van der Waals surface area contributed by atoms with Crippen molar-refractivity contribution in [1.29, 1.82) is 0 Å². The number of unbranched alkanes of at least 4 members (excludes halogenated alkanes) is 2. The lowest BCUT2D eigenvalue weighted by atomic mass is 9.80. The van der Waals surface area contributed by atoms with Crippen molar-refractivity contribution >= 4 is 17.5 Å². The van der Waals surface area contributed by atoms with Gasteiger partial charge >= 0.3 is 5.97 Å². The van der Waals surface area contributed by atoms with E-state index in [1.807, 2.05) is 0 Å². The first-order valence-corrected chi connectivity index (χ1v) is 9.65. The van der Waals surface area contributed by atoms with E-state index in [0.717, 1.165) is 19.3 Å². The summed E-state index contributed by atoms with van der Waals surface area (Å²) in [6.07, 6.45) is 2.32. The van der Waals surface area contributed by atoms with Crippen LogP contribution in [0.4, 0.5) is 0 Å². The van der Waals surface area contributed by atoms with E-state index in [2.05, 4.69) is 6.92 Å². The van der Waals surface area contributed by atoms with Crippen LogP contribution in [0.25, 0.3) is 0 Å². The van der Waals surface area contributed by atoms with Crippen LogP contribution in [0.15, 0.2) is 34.1 Å². The fraction of sp³-hybridized carbons (Fsp3) is 0.571. The molecule has 2 rings (SSSR count). The molecule has 0 aromatic rings. The Morgan fingerprint density at radius 1 is 1.14 bits per heavy atom. The van der Waals surface area contributed by atoms with E-state index in [0.29, 0.717) is 6.42 Å². The Kier molecular flexibility index (Phi) is 7.89. The quantitative estimate of drug-likeness (QED) is 0.259. The summed E-state index contributed by atoms with van der Waals surface area (Å²) in [5.41, 5.74) is -0.0161. The smallest absolute Gasteiger partial charge is 0.330 e. The molecule has 0 spiro atoms. The molecular formula is C21H28O8. The third-order valence-electron chi connectivity index (χ3n) is 5.22. The molecule has 3 atom stereocenters. The van der Waals surface area contributed by atoms with Crippen LogP contribution in [-0.4, -0.2) is 60.5 Å². The molecule has 0 radical (unpaired) electrons. The Morgan fingerprint density at radius 3 is 2.38 bits per heavy atom. The summed E-state index contributed by atoms with van der Waals surface area (Å²) < 4.78 is 16.7. The number of aliphatic hydroxyl groups is 1. The second-order valence-corrected chi connectivity index (χ2v) is 7.10. The van der Waals surface area contributed by atoms with Crippen LogP contribution in [-0.2, 0) is 28.6 Å². The summed E-state index contributed by atoms with van der Waals surface area (Å²) in [6, 6.07) is 0. The van der Waals surface area contributed by atoms with Crippen LogP contribution < -0.4 is 0 Å². The second-order valence-electron chi connectivity index (χ2n) is 7.10. The van der Waals surface area contributed by atoms with Gasteiger partial charge in [0.15, 0.2) is 6.29 Å².